The number of amides is 1. The molecule has 7 nitrogen and oxygen atoms in total. The highest BCUT2D eigenvalue weighted by Crippen LogP contribution is 2.18. The third kappa shape index (κ3) is 5.07. The average molecular weight is 395 g/mol. The molecule has 8 heteroatoms. The van der Waals surface area contributed by atoms with Gasteiger partial charge in [-0.2, -0.15) is 4.31 Å². The van der Waals surface area contributed by atoms with Crippen molar-refractivity contribution in [1.82, 2.24) is 19.8 Å². The van der Waals surface area contributed by atoms with E-state index in [1.807, 2.05) is 24.0 Å². The predicted octanol–water partition coefficient (Wildman–Crippen LogP) is 0.416. The van der Waals surface area contributed by atoms with Crippen molar-refractivity contribution in [3.63, 3.8) is 0 Å². The number of piperidine rings is 1. The summed E-state index contributed by atoms with van der Waals surface area (Å²) in [7, 11) is -3.46. The van der Waals surface area contributed by atoms with Gasteiger partial charge < -0.3 is 10.6 Å². The molecule has 2 saturated heterocycles. The number of nitrogens with zero attached hydrogens (tertiary/aromatic N) is 2. The van der Waals surface area contributed by atoms with E-state index in [0.29, 0.717) is 43.5 Å². The number of sulfonamides is 1. The third-order valence-electron chi connectivity index (χ3n) is 5.49. The fourth-order valence-corrected chi connectivity index (χ4v) is 5.09. The Balaban J connectivity index is 1.49. The van der Waals surface area contributed by atoms with Crippen molar-refractivity contribution < 1.29 is 13.2 Å². The van der Waals surface area contributed by atoms with Gasteiger partial charge >= 0.3 is 0 Å². The first-order valence-electron chi connectivity index (χ1n) is 9.65. The quantitative estimate of drug-likeness (QED) is 0.756. The maximum absolute atomic E-state index is 12.7. The molecule has 1 aromatic carbocycles. The van der Waals surface area contributed by atoms with Crippen molar-refractivity contribution in [2.24, 2.45) is 5.92 Å². The van der Waals surface area contributed by atoms with Gasteiger partial charge in [-0.15, -0.1) is 0 Å². The number of hydrogen-bond donors (Lipinski definition) is 2. The fourth-order valence-electron chi connectivity index (χ4n) is 3.67. The molecule has 2 fully saturated rings. The Bertz CT molecular complexity index is 743. The second-order valence-corrected chi connectivity index (χ2v) is 9.58. The van der Waals surface area contributed by atoms with Crippen molar-refractivity contribution in [2.45, 2.75) is 31.2 Å². The summed E-state index contributed by atoms with van der Waals surface area (Å²) in [5, 5.41) is 6.47. The minimum atomic E-state index is -3.46. The van der Waals surface area contributed by atoms with Crippen LogP contribution in [0.1, 0.15) is 18.9 Å². The molecule has 1 aromatic rings. The van der Waals surface area contributed by atoms with E-state index < -0.39 is 10.0 Å². The van der Waals surface area contributed by atoms with Crippen LogP contribution >= 0.6 is 0 Å². The molecule has 0 radical (unpaired) electrons. The third-order valence-corrected chi connectivity index (χ3v) is 7.40. The minimum Gasteiger partial charge on any atom is -0.352 e. The summed E-state index contributed by atoms with van der Waals surface area (Å²) >= 11 is 0. The standard InChI is InChI=1S/C19H30N4O3S/c1-15-3-5-17(6-4-15)27(25,26)23-11-9-22(10-12-23)14-19(24)21-18-7-8-20-13-16(18)2/h3-6,16,18,20H,7-14H2,1-2H3,(H,21,24). The van der Waals surface area contributed by atoms with Crippen molar-refractivity contribution in [3.8, 4) is 0 Å². The largest absolute Gasteiger partial charge is 0.352 e. The van der Waals surface area contributed by atoms with Gasteiger partial charge in [0.1, 0.15) is 0 Å². The number of rotatable bonds is 5. The first-order chi connectivity index (χ1) is 12.9. The summed E-state index contributed by atoms with van der Waals surface area (Å²) in [4.78, 5) is 14.7. The van der Waals surface area contributed by atoms with Crippen molar-refractivity contribution in [2.75, 3.05) is 45.8 Å². The van der Waals surface area contributed by atoms with E-state index in [1.54, 1.807) is 12.1 Å². The maximum Gasteiger partial charge on any atom is 0.243 e. The van der Waals surface area contributed by atoms with Crippen molar-refractivity contribution >= 4 is 15.9 Å². The van der Waals surface area contributed by atoms with Gasteiger partial charge in [-0.25, -0.2) is 8.42 Å². The van der Waals surface area contributed by atoms with Gasteiger partial charge in [0.15, 0.2) is 0 Å². The monoisotopic (exact) mass is 394 g/mol. The zero-order valence-corrected chi connectivity index (χ0v) is 17.0. The molecule has 1 amide bonds. The molecule has 2 N–H and O–H groups in total. The van der Waals surface area contributed by atoms with Crippen LogP contribution in [0, 0.1) is 12.8 Å². The Hall–Kier alpha value is -1.48. The van der Waals surface area contributed by atoms with E-state index >= 15 is 0 Å². The lowest BCUT2D eigenvalue weighted by Gasteiger charge is -2.35. The molecular weight excluding hydrogens is 364 g/mol. The first kappa shape index (κ1) is 20.3. The molecule has 0 bridgehead atoms. The lowest BCUT2D eigenvalue weighted by atomic mass is 9.95. The Labute approximate surface area is 162 Å². The van der Waals surface area contributed by atoms with E-state index in [-0.39, 0.29) is 11.9 Å². The molecule has 0 aliphatic carbocycles. The van der Waals surface area contributed by atoms with E-state index in [2.05, 4.69) is 17.6 Å². The molecule has 2 heterocycles. The number of nitrogens with one attached hydrogen (secondary N) is 2. The molecule has 27 heavy (non-hydrogen) atoms. The van der Waals surface area contributed by atoms with Gasteiger partial charge in [0, 0.05) is 32.2 Å². The number of carbonyl (C=O) groups excluding carboxylic acids is 1. The summed E-state index contributed by atoms with van der Waals surface area (Å²) in [6.07, 6.45) is 0.954. The number of piperazine rings is 1. The summed E-state index contributed by atoms with van der Waals surface area (Å²) in [5.74, 6) is 0.461. The fraction of sp³-hybridized carbons (Fsp3) is 0.632. The Morgan fingerprint density at radius 2 is 1.85 bits per heavy atom. The number of carbonyl (C=O) groups is 1. The molecule has 2 unspecified atom stereocenters. The molecule has 0 spiro atoms. The molecule has 2 aliphatic rings. The van der Waals surface area contributed by atoms with E-state index in [4.69, 9.17) is 0 Å². The minimum absolute atomic E-state index is 0.0311. The van der Waals surface area contributed by atoms with E-state index in [9.17, 15) is 13.2 Å². The van der Waals surface area contributed by atoms with E-state index in [0.717, 1.165) is 25.1 Å². The molecule has 0 saturated carbocycles. The second-order valence-electron chi connectivity index (χ2n) is 7.64. The second kappa shape index (κ2) is 8.68. The summed E-state index contributed by atoms with van der Waals surface area (Å²) in [5.41, 5.74) is 1.04. The normalized spacial score (nSPS) is 25.3. The smallest absolute Gasteiger partial charge is 0.243 e. The lowest BCUT2D eigenvalue weighted by Crippen LogP contribution is -2.54. The van der Waals surface area contributed by atoms with Crippen LogP contribution < -0.4 is 10.6 Å². The van der Waals surface area contributed by atoms with Crippen LogP contribution in [0.2, 0.25) is 0 Å². The average Bonchev–Trinajstić information content (AvgIpc) is 2.64. The molecule has 0 aromatic heterocycles. The molecular formula is C19H30N4O3S. The Kier molecular flexibility index (Phi) is 6.52. The maximum atomic E-state index is 12.7. The van der Waals surface area contributed by atoms with Crippen LogP contribution in [0.3, 0.4) is 0 Å². The molecule has 150 valence electrons. The summed E-state index contributed by atoms with van der Waals surface area (Å²) < 4.78 is 27.0. The number of hydrogen-bond acceptors (Lipinski definition) is 5. The van der Waals surface area contributed by atoms with Gasteiger partial charge in [0.25, 0.3) is 0 Å². The van der Waals surface area contributed by atoms with E-state index in [1.165, 1.54) is 4.31 Å². The molecule has 2 aliphatic heterocycles. The topological polar surface area (TPSA) is 81.8 Å². The lowest BCUT2D eigenvalue weighted by molar-refractivity contribution is -0.123. The van der Waals surface area contributed by atoms with Crippen LogP contribution in [0.4, 0.5) is 0 Å². The zero-order valence-electron chi connectivity index (χ0n) is 16.1. The van der Waals surface area contributed by atoms with Crippen LogP contribution in [-0.4, -0.2) is 75.4 Å². The van der Waals surface area contributed by atoms with Crippen molar-refractivity contribution in [1.29, 1.82) is 0 Å². The molecule has 3 rings (SSSR count). The summed E-state index contributed by atoms with van der Waals surface area (Å²) in [6, 6.07) is 7.17. The Morgan fingerprint density at radius 1 is 1.19 bits per heavy atom. The van der Waals surface area contributed by atoms with Gasteiger partial charge in [-0.05, 0) is 44.5 Å². The predicted molar refractivity (Wildman–Crippen MR) is 105 cm³/mol. The van der Waals surface area contributed by atoms with Gasteiger partial charge in [-0.3, -0.25) is 9.69 Å². The number of benzene rings is 1. The van der Waals surface area contributed by atoms with Gasteiger partial charge in [-0.1, -0.05) is 24.6 Å². The zero-order chi connectivity index (χ0) is 19.4. The van der Waals surface area contributed by atoms with Crippen LogP contribution in [0.15, 0.2) is 29.2 Å². The first-order valence-corrected chi connectivity index (χ1v) is 11.1. The SMILES string of the molecule is Cc1ccc(S(=O)(=O)N2CCN(CC(=O)NC3CCNCC3C)CC2)cc1. The summed E-state index contributed by atoms with van der Waals surface area (Å²) in [6.45, 7) is 8.23. The Morgan fingerprint density at radius 3 is 2.48 bits per heavy atom. The highest BCUT2D eigenvalue weighted by molar-refractivity contribution is 7.89. The van der Waals surface area contributed by atoms with Crippen LogP contribution in [-0.2, 0) is 14.8 Å². The van der Waals surface area contributed by atoms with Crippen LogP contribution in [0.25, 0.3) is 0 Å². The highest BCUT2D eigenvalue weighted by atomic mass is 32.2. The highest BCUT2D eigenvalue weighted by Gasteiger charge is 2.29. The van der Waals surface area contributed by atoms with Gasteiger partial charge in [0.2, 0.25) is 15.9 Å². The van der Waals surface area contributed by atoms with Crippen molar-refractivity contribution in [3.05, 3.63) is 29.8 Å². The van der Waals surface area contributed by atoms with Gasteiger partial charge in [0.05, 0.1) is 11.4 Å². The van der Waals surface area contributed by atoms with Crippen LogP contribution in [0.5, 0.6) is 0 Å². The molecule has 2 atom stereocenters. The number of aryl methyl sites for hydroxylation is 1.